The molecule has 3 rings (SSSR count). The molecular formula is C21H22ClFN2O2. The lowest BCUT2D eigenvalue weighted by molar-refractivity contribution is -0.133. The second kappa shape index (κ2) is 8.53. The molecule has 1 unspecified atom stereocenters. The van der Waals surface area contributed by atoms with Crippen LogP contribution >= 0.6 is 11.6 Å². The fraction of sp³-hybridized carbons (Fsp3) is 0.333. The Bertz CT molecular complexity index is 804. The van der Waals surface area contributed by atoms with E-state index in [0.717, 1.165) is 18.4 Å². The normalized spacial score (nSPS) is 14.5. The van der Waals surface area contributed by atoms with Gasteiger partial charge in [-0.3, -0.25) is 9.59 Å². The molecule has 2 aromatic rings. The molecule has 1 aliphatic carbocycles. The fourth-order valence-corrected chi connectivity index (χ4v) is 3.36. The number of benzene rings is 2. The molecule has 0 heterocycles. The molecule has 0 radical (unpaired) electrons. The Balaban J connectivity index is 1.79. The molecule has 2 amide bonds. The number of halogens is 2. The minimum absolute atomic E-state index is 0.0990. The van der Waals surface area contributed by atoms with Crippen molar-refractivity contribution in [1.29, 1.82) is 0 Å². The maximum absolute atomic E-state index is 14.2. The van der Waals surface area contributed by atoms with E-state index in [1.54, 1.807) is 17.0 Å². The van der Waals surface area contributed by atoms with Gasteiger partial charge in [-0.2, -0.15) is 0 Å². The van der Waals surface area contributed by atoms with Crippen LogP contribution in [0.4, 0.5) is 4.39 Å². The van der Waals surface area contributed by atoms with Crippen molar-refractivity contribution in [2.24, 2.45) is 0 Å². The van der Waals surface area contributed by atoms with E-state index in [1.165, 1.54) is 13.0 Å². The highest BCUT2D eigenvalue weighted by Gasteiger charge is 2.34. The molecule has 0 saturated heterocycles. The summed E-state index contributed by atoms with van der Waals surface area (Å²) in [6, 6.07) is 13.6. The van der Waals surface area contributed by atoms with E-state index in [2.05, 4.69) is 5.32 Å². The highest BCUT2D eigenvalue weighted by molar-refractivity contribution is 6.31. The molecule has 1 fully saturated rings. The van der Waals surface area contributed by atoms with Crippen LogP contribution in [0, 0.1) is 5.82 Å². The van der Waals surface area contributed by atoms with Gasteiger partial charge < -0.3 is 10.2 Å². The van der Waals surface area contributed by atoms with E-state index in [1.807, 2.05) is 30.3 Å². The summed E-state index contributed by atoms with van der Waals surface area (Å²) < 4.78 is 14.2. The first-order valence-corrected chi connectivity index (χ1v) is 9.38. The predicted molar refractivity (Wildman–Crippen MR) is 103 cm³/mol. The lowest BCUT2D eigenvalue weighted by Crippen LogP contribution is -2.37. The number of rotatable bonds is 7. The van der Waals surface area contributed by atoms with Crippen molar-refractivity contribution in [3.63, 3.8) is 0 Å². The standard InChI is InChI=1S/C21H22ClFN2O2/c1-14(26)24-20(15-6-3-2-4-7-15)12-21(27)25(16-10-11-16)13-17-18(22)8-5-9-19(17)23/h2-9,16,20H,10-13H2,1H3,(H,24,26). The van der Waals surface area contributed by atoms with Crippen molar-refractivity contribution in [2.75, 3.05) is 0 Å². The highest BCUT2D eigenvalue weighted by atomic mass is 35.5. The number of hydrogen-bond donors (Lipinski definition) is 1. The van der Waals surface area contributed by atoms with Gasteiger partial charge in [0, 0.05) is 23.6 Å². The summed E-state index contributed by atoms with van der Waals surface area (Å²) in [7, 11) is 0. The van der Waals surface area contributed by atoms with Gasteiger partial charge >= 0.3 is 0 Å². The van der Waals surface area contributed by atoms with E-state index < -0.39 is 11.9 Å². The van der Waals surface area contributed by atoms with E-state index in [0.29, 0.717) is 10.6 Å². The molecule has 0 aromatic heterocycles. The van der Waals surface area contributed by atoms with Gasteiger partial charge in [0.1, 0.15) is 5.82 Å². The van der Waals surface area contributed by atoms with Crippen molar-refractivity contribution < 1.29 is 14.0 Å². The SMILES string of the molecule is CC(=O)NC(CC(=O)N(Cc1c(F)cccc1Cl)C1CC1)c1ccccc1. The maximum atomic E-state index is 14.2. The molecule has 1 saturated carbocycles. The zero-order valence-corrected chi connectivity index (χ0v) is 15.9. The average molecular weight is 389 g/mol. The lowest BCUT2D eigenvalue weighted by Gasteiger charge is -2.26. The Labute approximate surface area is 163 Å². The van der Waals surface area contributed by atoms with Gasteiger partial charge in [0.25, 0.3) is 0 Å². The fourth-order valence-electron chi connectivity index (χ4n) is 3.14. The number of nitrogens with zero attached hydrogens (tertiary/aromatic N) is 1. The third kappa shape index (κ3) is 5.07. The number of hydrogen-bond acceptors (Lipinski definition) is 2. The van der Waals surface area contributed by atoms with Gasteiger partial charge in [-0.05, 0) is 30.5 Å². The van der Waals surface area contributed by atoms with Crippen LogP contribution in [0.5, 0.6) is 0 Å². The number of carbonyl (C=O) groups is 2. The summed E-state index contributed by atoms with van der Waals surface area (Å²) >= 11 is 6.14. The maximum Gasteiger partial charge on any atom is 0.225 e. The molecule has 0 bridgehead atoms. The number of carbonyl (C=O) groups excluding carboxylic acids is 2. The zero-order valence-electron chi connectivity index (χ0n) is 15.1. The Morgan fingerprint density at radius 1 is 1.19 bits per heavy atom. The Kier molecular flexibility index (Phi) is 6.11. The summed E-state index contributed by atoms with van der Waals surface area (Å²) in [5.41, 5.74) is 1.19. The molecule has 1 atom stereocenters. The van der Waals surface area contributed by atoms with Crippen molar-refractivity contribution >= 4 is 23.4 Å². The summed E-state index contributed by atoms with van der Waals surface area (Å²) in [6.07, 6.45) is 1.91. The molecule has 0 spiro atoms. The average Bonchev–Trinajstić information content (AvgIpc) is 3.46. The Hall–Kier alpha value is -2.40. The van der Waals surface area contributed by atoms with Gasteiger partial charge in [0.05, 0.1) is 19.0 Å². The van der Waals surface area contributed by atoms with E-state index >= 15 is 0 Å². The lowest BCUT2D eigenvalue weighted by atomic mass is 10.0. The molecule has 1 N–H and O–H groups in total. The van der Waals surface area contributed by atoms with Gasteiger partial charge in [-0.15, -0.1) is 0 Å². The summed E-state index contributed by atoms with van der Waals surface area (Å²) in [5, 5.41) is 3.16. The molecule has 2 aromatic carbocycles. The molecule has 142 valence electrons. The Morgan fingerprint density at radius 2 is 1.89 bits per heavy atom. The third-order valence-electron chi connectivity index (χ3n) is 4.66. The first-order valence-electron chi connectivity index (χ1n) is 9.00. The minimum atomic E-state index is -0.423. The number of amides is 2. The minimum Gasteiger partial charge on any atom is -0.349 e. The Morgan fingerprint density at radius 3 is 2.48 bits per heavy atom. The van der Waals surface area contributed by atoms with Crippen LogP contribution in [-0.4, -0.2) is 22.8 Å². The van der Waals surface area contributed by atoms with Crippen molar-refractivity contribution in [2.45, 2.75) is 44.8 Å². The quantitative estimate of drug-likeness (QED) is 0.771. The summed E-state index contributed by atoms with van der Waals surface area (Å²) in [4.78, 5) is 26.3. The molecular weight excluding hydrogens is 367 g/mol. The highest BCUT2D eigenvalue weighted by Crippen LogP contribution is 2.32. The van der Waals surface area contributed by atoms with Gasteiger partial charge in [-0.25, -0.2) is 4.39 Å². The second-order valence-corrected chi connectivity index (χ2v) is 7.23. The topological polar surface area (TPSA) is 49.4 Å². The third-order valence-corrected chi connectivity index (χ3v) is 5.01. The van der Waals surface area contributed by atoms with E-state index in [4.69, 9.17) is 11.6 Å². The van der Waals surface area contributed by atoms with E-state index in [9.17, 15) is 14.0 Å². The van der Waals surface area contributed by atoms with Gasteiger partial charge in [-0.1, -0.05) is 48.0 Å². The van der Waals surface area contributed by atoms with Crippen LogP contribution in [0.15, 0.2) is 48.5 Å². The first-order chi connectivity index (χ1) is 13.0. The van der Waals surface area contributed by atoms with Crippen LogP contribution < -0.4 is 5.32 Å². The van der Waals surface area contributed by atoms with Crippen LogP contribution in [0.25, 0.3) is 0 Å². The molecule has 6 heteroatoms. The monoisotopic (exact) mass is 388 g/mol. The van der Waals surface area contributed by atoms with Crippen molar-refractivity contribution in [3.05, 3.63) is 70.5 Å². The largest absolute Gasteiger partial charge is 0.349 e. The molecule has 4 nitrogen and oxygen atoms in total. The molecule has 0 aliphatic heterocycles. The summed E-state index contributed by atoms with van der Waals surface area (Å²) in [6.45, 7) is 1.56. The van der Waals surface area contributed by atoms with Gasteiger partial charge in [0.15, 0.2) is 0 Å². The van der Waals surface area contributed by atoms with Gasteiger partial charge in [0.2, 0.25) is 11.8 Å². The van der Waals surface area contributed by atoms with Crippen LogP contribution in [0.2, 0.25) is 5.02 Å². The van der Waals surface area contributed by atoms with Crippen molar-refractivity contribution in [3.8, 4) is 0 Å². The van der Waals surface area contributed by atoms with Crippen LogP contribution in [0.1, 0.15) is 43.4 Å². The molecule has 27 heavy (non-hydrogen) atoms. The predicted octanol–water partition coefficient (Wildman–Crippen LogP) is 4.24. The number of nitrogens with one attached hydrogen (secondary N) is 1. The van der Waals surface area contributed by atoms with E-state index in [-0.39, 0.29) is 30.8 Å². The first kappa shape index (κ1) is 19.4. The van der Waals surface area contributed by atoms with Crippen LogP contribution in [0.3, 0.4) is 0 Å². The second-order valence-electron chi connectivity index (χ2n) is 6.82. The smallest absolute Gasteiger partial charge is 0.225 e. The summed E-state index contributed by atoms with van der Waals surface area (Å²) in [5.74, 6) is -0.742. The van der Waals surface area contributed by atoms with Crippen molar-refractivity contribution in [1.82, 2.24) is 10.2 Å². The zero-order chi connectivity index (χ0) is 19.4. The molecule has 1 aliphatic rings. The van der Waals surface area contributed by atoms with Crippen LogP contribution in [-0.2, 0) is 16.1 Å².